The number of carbonyl (C=O) groups excluding carboxylic acids is 2. The second-order valence-corrected chi connectivity index (χ2v) is 7.01. The quantitative estimate of drug-likeness (QED) is 0.660. The fraction of sp³-hybridized carbons (Fsp3) is 0.231. The van der Waals surface area contributed by atoms with Gasteiger partial charge in [0.1, 0.15) is 0 Å². The minimum atomic E-state index is -0.616. The van der Waals surface area contributed by atoms with Gasteiger partial charge in [-0.15, -0.1) is 0 Å². The first kappa shape index (κ1) is 22.1. The lowest BCUT2D eigenvalue weighted by Gasteiger charge is -2.30. The van der Waals surface area contributed by atoms with E-state index in [4.69, 9.17) is 9.47 Å². The Morgan fingerprint density at radius 3 is 2.00 bits per heavy atom. The third kappa shape index (κ3) is 5.12. The molecule has 3 rings (SSSR count). The van der Waals surface area contributed by atoms with Crippen molar-refractivity contribution < 1.29 is 19.1 Å². The molecule has 160 valence electrons. The van der Waals surface area contributed by atoms with Crippen LogP contribution in [0.15, 0.2) is 83.6 Å². The minimum absolute atomic E-state index is 0.233. The molecule has 1 heterocycles. The predicted molar refractivity (Wildman–Crippen MR) is 121 cm³/mol. The van der Waals surface area contributed by atoms with Crippen LogP contribution in [0.1, 0.15) is 31.9 Å². The monoisotopic (exact) mass is 417 g/mol. The summed E-state index contributed by atoms with van der Waals surface area (Å²) in [4.78, 5) is 26.0. The first-order valence-corrected chi connectivity index (χ1v) is 10.4. The van der Waals surface area contributed by atoms with Crippen LogP contribution in [0.2, 0.25) is 0 Å². The van der Waals surface area contributed by atoms with E-state index < -0.39 is 17.9 Å². The molecular formula is C26H27NO4. The van der Waals surface area contributed by atoms with E-state index in [0.29, 0.717) is 22.5 Å². The molecule has 0 radical (unpaired) electrons. The molecule has 1 aliphatic heterocycles. The number of esters is 2. The van der Waals surface area contributed by atoms with Crippen molar-refractivity contribution in [2.45, 2.75) is 20.8 Å². The van der Waals surface area contributed by atoms with Crippen molar-refractivity contribution in [3.8, 4) is 0 Å². The second kappa shape index (κ2) is 10.4. The summed E-state index contributed by atoms with van der Waals surface area (Å²) >= 11 is 0. The largest absolute Gasteiger partial charge is 0.463 e. The molecule has 0 unspecified atom stereocenters. The molecule has 5 nitrogen and oxygen atoms in total. The lowest BCUT2D eigenvalue weighted by Crippen LogP contribution is -2.33. The standard InChI is InChI=1S/C26H27NO4/c1-4-30-25(28)22-18(3)27-24(20-14-10-7-11-15-20)23(26(29)31-5-2)21(22)17-16-19-12-8-6-9-13-19/h6-17,21,27H,4-5H2,1-3H3/b17-16+/t21-/m0/s1. The predicted octanol–water partition coefficient (Wildman–Crippen LogP) is 4.73. The highest BCUT2D eigenvalue weighted by Gasteiger charge is 2.36. The van der Waals surface area contributed by atoms with Crippen LogP contribution in [0, 0.1) is 5.92 Å². The molecule has 0 saturated carbocycles. The van der Waals surface area contributed by atoms with Crippen molar-refractivity contribution >= 4 is 23.7 Å². The molecule has 0 aliphatic carbocycles. The van der Waals surface area contributed by atoms with Crippen molar-refractivity contribution in [3.05, 3.63) is 94.7 Å². The molecule has 0 bridgehead atoms. The van der Waals surface area contributed by atoms with Gasteiger partial charge in [-0.2, -0.15) is 0 Å². The lowest BCUT2D eigenvalue weighted by atomic mass is 9.83. The van der Waals surface area contributed by atoms with Gasteiger partial charge in [0, 0.05) is 11.6 Å². The van der Waals surface area contributed by atoms with Crippen LogP contribution in [0.25, 0.3) is 11.8 Å². The third-order valence-electron chi connectivity index (χ3n) is 4.94. The number of hydrogen-bond acceptors (Lipinski definition) is 5. The number of benzene rings is 2. The highest BCUT2D eigenvalue weighted by Crippen LogP contribution is 2.36. The molecule has 1 aliphatic rings. The maximum atomic E-state index is 13.1. The molecule has 0 spiro atoms. The van der Waals surface area contributed by atoms with Gasteiger partial charge >= 0.3 is 11.9 Å². The summed E-state index contributed by atoms with van der Waals surface area (Å²) in [7, 11) is 0. The topological polar surface area (TPSA) is 64.6 Å². The van der Waals surface area contributed by atoms with Gasteiger partial charge in [-0.05, 0) is 31.9 Å². The normalized spacial score (nSPS) is 16.3. The lowest BCUT2D eigenvalue weighted by molar-refractivity contribution is -0.139. The number of ether oxygens (including phenoxy) is 2. The van der Waals surface area contributed by atoms with E-state index in [0.717, 1.165) is 11.1 Å². The first-order chi connectivity index (χ1) is 15.1. The van der Waals surface area contributed by atoms with Crippen LogP contribution < -0.4 is 5.32 Å². The van der Waals surface area contributed by atoms with E-state index in [1.807, 2.05) is 79.7 Å². The second-order valence-electron chi connectivity index (χ2n) is 7.01. The molecule has 2 aromatic rings. The van der Waals surface area contributed by atoms with Crippen LogP contribution in [0.4, 0.5) is 0 Å². The van der Waals surface area contributed by atoms with Crippen LogP contribution in [0.5, 0.6) is 0 Å². The zero-order valence-corrected chi connectivity index (χ0v) is 18.1. The molecular weight excluding hydrogens is 390 g/mol. The Hall–Kier alpha value is -3.60. The summed E-state index contributed by atoms with van der Waals surface area (Å²) in [6.45, 7) is 5.82. The van der Waals surface area contributed by atoms with Gasteiger partial charge in [-0.3, -0.25) is 0 Å². The van der Waals surface area contributed by atoms with Gasteiger partial charge in [0.2, 0.25) is 0 Å². The molecule has 0 amide bonds. The SMILES string of the molecule is CCOC(=O)C1=C(C)NC(c2ccccc2)=C(C(=O)OCC)[C@H]1/C=C/c1ccccc1. The number of carbonyl (C=O) groups is 2. The van der Waals surface area contributed by atoms with E-state index in [2.05, 4.69) is 5.32 Å². The Balaban J connectivity index is 2.18. The Morgan fingerprint density at radius 1 is 0.871 bits per heavy atom. The van der Waals surface area contributed by atoms with E-state index >= 15 is 0 Å². The van der Waals surface area contributed by atoms with Crippen molar-refractivity contribution in [2.24, 2.45) is 5.92 Å². The van der Waals surface area contributed by atoms with E-state index in [-0.39, 0.29) is 13.2 Å². The van der Waals surface area contributed by atoms with Crippen LogP contribution in [-0.4, -0.2) is 25.2 Å². The zero-order valence-electron chi connectivity index (χ0n) is 18.1. The van der Waals surface area contributed by atoms with Crippen molar-refractivity contribution in [1.29, 1.82) is 0 Å². The van der Waals surface area contributed by atoms with Crippen LogP contribution >= 0.6 is 0 Å². The number of dihydropyridines is 1. The molecule has 1 atom stereocenters. The maximum absolute atomic E-state index is 13.1. The van der Waals surface area contributed by atoms with Crippen LogP contribution in [-0.2, 0) is 19.1 Å². The number of allylic oxidation sites excluding steroid dienone is 2. The maximum Gasteiger partial charge on any atom is 0.337 e. The van der Waals surface area contributed by atoms with E-state index in [1.165, 1.54) is 0 Å². The molecule has 5 heteroatoms. The summed E-state index contributed by atoms with van der Waals surface area (Å²) < 4.78 is 10.7. The minimum Gasteiger partial charge on any atom is -0.463 e. The Bertz CT molecular complexity index is 1020. The Morgan fingerprint density at radius 2 is 1.42 bits per heavy atom. The summed E-state index contributed by atoms with van der Waals surface area (Å²) in [5, 5.41) is 3.26. The average Bonchev–Trinajstić information content (AvgIpc) is 2.78. The smallest absolute Gasteiger partial charge is 0.337 e. The van der Waals surface area contributed by atoms with Crippen molar-refractivity contribution in [2.75, 3.05) is 13.2 Å². The van der Waals surface area contributed by atoms with Crippen molar-refractivity contribution in [3.63, 3.8) is 0 Å². The average molecular weight is 418 g/mol. The highest BCUT2D eigenvalue weighted by atomic mass is 16.5. The molecule has 1 N–H and O–H groups in total. The summed E-state index contributed by atoms with van der Waals surface area (Å²) in [5.74, 6) is -1.54. The third-order valence-corrected chi connectivity index (χ3v) is 4.94. The number of rotatable bonds is 7. The molecule has 31 heavy (non-hydrogen) atoms. The summed E-state index contributed by atoms with van der Waals surface area (Å²) in [5.41, 5.74) is 3.86. The molecule has 0 fully saturated rings. The zero-order chi connectivity index (χ0) is 22.2. The van der Waals surface area contributed by atoms with Gasteiger partial charge in [0.25, 0.3) is 0 Å². The summed E-state index contributed by atoms with van der Waals surface area (Å²) in [6, 6.07) is 19.3. The van der Waals surface area contributed by atoms with Gasteiger partial charge in [0.05, 0.1) is 30.1 Å². The van der Waals surface area contributed by atoms with Crippen molar-refractivity contribution in [1.82, 2.24) is 5.32 Å². The molecule has 0 saturated heterocycles. The number of hydrogen-bond donors (Lipinski definition) is 1. The van der Waals surface area contributed by atoms with Gasteiger partial charge < -0.3 is 14.8 Å². The van der Waals surface area contributed by atoms with E-state index in [1.54, 1.807) is 13.8 Å². The fourth-order valence-corrected chi connectivity index (χ4v) is 3.58. The molecule has 2 aromatic carbocycles. The van der Waals surface area contributed by atoms with E-state index in [9.17, 15) is 9.59 Å². The fourth-order valence-electron chi connectivity index (χ4n) is 3.58. The summed E-state index contributed by atoms with van der Waals surface area (Å²) in [6.07, 6.45) is 3.77. The van der Waals surface area contributed by atoms with Crippen LogP contribution in [0.3, 0.4) is 0 Å². The number of nitrogens with one attached hydrogen (secondary N) is 1. The van der Waals surface area contributed by atoms with Gasteiger partial charge in [-0.1, -0.05) is 72.8 Å². The molecule has 0 aromatic heterocycles. The van der Waals surface area contributed by atoms with Gasteiger partial charge in [-0.25, -0.2) is 9.59 Å². The van der Waals surface area contributed by atoms with Gasteiger partial charge in [0.15, 0.2) is 0 Å². The highest BCUT2D eigenvalue weighted by molar-refractivity contribution is 6.04. The Kier molecular flexibility index (Phi) is 7.44. The first-order valence-electron chi connectivity index (χ1n) is 10.4. The Labute approximate surface area is 183 Å².